The molecule has 0 bridgehead atoms. The number of nitriles is 1. The van der Waals surface area contributed by atoms with Crippen LogP contribution >= 0.6 is 0 Å². The van der Waals surface area contributed by atoms with Gasteiger partial charge in [-0.2, -0.15) is 0 Å². The summed E-state index contributed by atoms with van der Waals surface area (Å²) in [6.45, 7) is 0. The Labute approximate surface area is 132 Å². The molecule has 0 aliphatic heterocycles. The van der Waals surface area contributed by atoms with Gasteiger partial charge in [0.25, 0.3) is 6.26 Å². The van der Waals surface area contributed by atoms with Crippen molar-refractivity contribution in [1.82, 2.24) is 0 Å². The molecule has 4 heteroatoms. The summed E-state index contributed by atoms with van der Waals surface area (Å²) in [7, 11) is 0. The molecule has 0 atom stereocenters. The van der Waals surface area contributed by atoms with Crippen molar-refractivity contribution in [3.63, 3.8) is 0 Å². The van der Waals surface area contributed by atoms with Crippen molar-refractivity contribution in [3.8, 4) is 34.3 Å². The largest absolute Gasteiger partial charge is 0.387 e. The van der Waals surface area contributed by atoms with E-state index in [1.54, 1.807) is 48.7 Å². The summed E-state index contributed by atoms with van der Waals surface area (Å²) in [6.07, 6.45) is 1.55. The molecule has 0 N–H and O–H groups in total. The molecule has 3 aromatic rings. The number of halogens is 2. The smallest absolute Gasteiger partial charge is 0.292 e. The van der Waals surface area contributed by atoms with Crippen LogP contribution in [0, 0.1) is 23.2 Å². The lowest BCUT2D eigenvalue weighted by atomic mass is 9.98. The SMILES string of the molecule is N#COc1ccccc1-c1cc(F)c(-c2ccccc2)cc1F. The summed E-state index contributed by atoms with van der Waals surface area (Å²) in [4.78, 5) is 0. The van der Waals surface area contributed by atoms with Gasteiger partial charge in [0.1, 0.15) is 17.4 Å². The Morgan fingerprint density at radius 2 is 1.35 bits per heavy atom. The zero-order valence-electron chi connectivity index (χ0n) is 12.0. The molecule has 112 valence electrons. The third kappa shape index (κ3) is 2.90. The lowest BCUT2D eigenvalue weighted by Gasteiger charge is -2.10. The second-order valence-electron chi connectivity index (χ2n) is 4.87. The molecule has 0 unspecified atom stereocenters. The number of benzene rings is 3. The van der Waals surface area contributed by atoms with Crippen LogP contribution in [0.15, 0.2) is 66.7 Å². The van der Waals surface area contributed by atoms with Crippen LogP contribution in [0.2, 0.25) is 0 Å². The molecule has 0 heterocycles. The van der Waals surface area contributed by atoms with Gasteiger partial charge in [0.2, 0.25) is 0 Å². The highest BCUT2D eigenvalue weighted by molar-refractivity contribution is 5.75. The fraction of sp³-hybridized carbons (Fsp3) is 0. The van der Waals surface area contributed by atoms with Crippen LogP contribution in [0.1, 0.15) is 0 Å². The van der Waals surface area contributed by atoms with Gasteiger partial charge in [0, 0.05) is 16.7 Å². The van der Waals surface area contributed by atoms with Gasteiger partial charge in [-0.3, -0.25) is 0 Å². The van der Waals surface area contributed by atoms with Gasteiger partial charge < -0.3 is 4.74 Å². The van der Waals surface area contributed by atoms with Crippen molar-refractivity contribution in [3.05, 3.63) is 78.4 Å². The Hall–Kier alpha value is -3.19. The van der Waals surface area contributed by atoms with Crippen molar-refractivity contribution in [1.29, 1.82) is 5.26 Å². The van der Waals surface area contributed by atoms with Gasteiger partial charge in [-0.05, 0) is 23.8 Å². The topological polar surface area (TPSA) is 33.0 Å². The average molecular weight is 307 g/mol. The van der Waals surface area contributed by atoms with E-state index in [1.807, 2.05) is 6.07 Å². The lowest BCUT2D eigenvalue weighted by Crippen LogP contribution is -1.94. The van der Waals surface area contributed by atoms with Gasteiger partial charge in [-0.15, -0.1) is 5.26 Å². The molecular formula is C19H11F2NO. The molecule has 0 saturated carbocycles. The van der Waals surface area contributed by atoms with Gasteiger partial charge >= 0.3 is 0 Å². The van der Waals surface area contributed by atoms with Gasteiger partial charge in [0.05, 0.1) is 0 Å². The second-order valence-corrected chi connectivity index (χ2v) is 4.87. The maximum Gasteiger partial charge on any atom is 0.292 e. The molecular weight excluding hydrogens is 296 g/mol. The summed E-state index contributed by atoms with van der Waals surface area (Å²) in [5.74, 6) is -0.945. The Balaban J connectivity index is 2.14. The predicted molar refractivity (Wildman–Crippen MR) is 83.5 cm³/mol. The number of hydrogen-bond donors (Lipinski definition) is 0. The van der Waals surface area contributed by atoms with Crippen LogP contribution in [-0.2, 0) is 0 Å². The molecule has 3 rings (SSSR count). The molecule has 2 nitrogen and oxygen atoms in total. The summed E-state index contributed by atoms with van der Waals surface area (Å²) in [6, 6.07) is 17.5. The second kappa shape index (κ2) is 6.29. The molecule has 23 heavy (non-hydrogen) atoms. The third-order valence-corrected chi connectivity index (χ3v) is 3.47. The lowest BCUT2D eigenvalue weighted by molar-refractivity contribution is 0.508. The zero-order valence-corrected chi connectivity index (χ0v) is 12.0. The zero-order chi connectivity index (χ0) is 16.2. The maximum atomic E-state index is 14.5. The van der Waals surface area contributed by atoms with Crippen molar-refractivity contribution in [2.45, 2.75) is 0 Å². The highest BCUT2D eigenvalue weighted by Crippen LogP contribution is 2.35. The number of para-hydroxylation sites is 1. The number of nitrogens with zero attached hydrogens (tertiary/aromatic N) is 1. The summed E-state index contributed by atoms with van der Waals surface area (Å²) >= 11 is 0. The Morgan fingerprint density at radius 1 is 0.739 bits per heavy atom. The van der Waals surface area contributed by atoms with Crippen molar-refractivity contribution in [2.75, 3.05) is 0 Å². The van der Waals surface area contributed by atoms with Gasteiger partial charge in [-0.1, -0.05) is 48.5 Å². The predicted octanol–water partition coefficient (Wildman–Crippen LogP) is 5.16. The molecule has 0 aliphatic rings. The van der Waals surface area contributed by atoms with E-state index >= 15 is 0 Å². The first-order valence-electron chi connectivity index (χ1n) is 6.90. The first-order valence-corrected chi connectivity index (χ1v) is 6.90. The maximum absolute atomic E-state index is 14.5. The van der Waals surface area contributed by atoms with Crippen LogP contribution in [0.4, 0.5) is 8.78 Å². The fourth-order valence-corrected chi connectivity index (χ4v) is 2.42. The Morgan fingerprint density at radius 3 is 2.09 bits per heavy atom. The number of rotatable bonds is 3. The van der Waals surface area contributed by atoms with E-state index in [4.69, 9.17) is 10.00 Å². The molecule has 3 aromatic carbocycles. The molecule has 0 aromatic heterocycles. The van der Waals surface area contributed by atoms with E-state index in [-0.39, 0.29) is 16.9 Å². The highest BCUT2D eigenvalue weighted by Gasteiger charge is 2.16. The van der Waals surface area contributed by atoms with Crippen molar-refractivity contribution < 1.29 is 13.5 Å². The number of hydrogen-bond acceptors (Lipinski definition) is 2. The summed E-state index contributed by atoms with van der Waals surface area (Å²) in [5.41, 5.74) is 1.15. The van der Waals surface area contributed by atoms with Crippen molar-refractivity contribution in [2.24, 2.45) is 0 Å². The Kier molecular flexibility index (Phi) is 4.03. The first-order chi connectivity index (χ1) is 11.2. The van der Waals surface area contributed by atoms with E-state index in [1.165, 1.54) is 6.07 Å². The molecule has 0 amide bonds. The monoisotopic (exact) mass is 307 g/mol. The van der Waals surface area contributed by atoms with Crippen molar-refractivity contribution >= 4 is 0 Å². The fourth-order valence-electron chi connectivity index (χ4n) is 2.42. The quantitative estimate of drug-likeness (QED) is 0.626. The third-order valence-electron chi connectivity index (χ3n) is 3.47. The minimum atomic E-state index is -0.584. The minimum absolute atomic E-state index is 0.0491. The van der Waals surface area contributed by atoms with Crippen LogP contribution in [-0.4, -0.2) is 0 Å². The normalized spacial score (nSPS) is 10.1. The summed E-state index contributed by atoms with van der Waals surface area (Å²) < 4.78 is 33.8. The average Bonchev–Trinajstić information content (AvgIpc) is 2.58. The van der Waals surface area contributed by atoms with E-state index in [9.17, 15) is 8.78 Å². The van der Waals surface area contributed by atoms with Crippen LogP contribution < -0.4 is 4.74 Å². The van der Waals surface area contributed by atoms with Crippen LogP contribution in [0.5, 0.6) is 5.75 Å². The first kappa shape index (κ1) is 14.7. The molecule has 0 spiro atoms. The van der Waals surface area contributed by atoms with E-state index in [0.717, 1.165) is 12.1 Å². The molecule has 0 fully saturated rings. The molecule has 0 aliphatic carbocycles. The van der Waals surface area contributed by atoms with Crippen LogP contribution in [0.3, 0.4) is 0 Å². The molecule has 0 saturated heterocycles. The van der Waals surface area contributed by atoms with Gasteiger partial charge in [-0.25, -0.2) is 8.78 Å². The number of ether oxygens (including phenoxy) is 1. The summed E-state index contributed by atoms with van der Waals surface area (Å²) in [5, 5.41) is 8.67. The Bertz CT molecular complexity index is 886. The van der Waals surface area contributed by atoms with Crippen LogP contribution in [0.25, 0.3) is 22.3 Å². The standard InChI is InChI=1S/C19H11F2NO/c20-17-11-16(14-8-4-5-9-19(14)23-12-22)18(21)10-15(17)13-6-2-1-3-7-13/h1-11H. The van der Waals surface area contributed by atoms with E-state index in [2.05, 4.69) is 0 Å². The molecule has 0 radical (unpaired) electrons. The van der Waals surface area contributed by atoms with E-state index in [0.29, 0.717) is 11.1 Å². The van der Waals surface area contributed by atoms with Gasteiger partial charge in [0.15, 0.2) is 0 Å². The van der Waals surface area contributed by atoms with E-state index < -0.39 is 11.6 Å². The highest BCUT2D eigenvalue weighted by atomic mass is 19.1. The minimum Gasteiger partial charge on any atom is -0.387 e.